The number of carbonyl (C=O) groups is 1. The summed E-state index contributed by atoms with van der Waals surface area (Å²) >= 11 is 0. The van der Waals surface area contributed by atoms with Gasteiger partial charge in [-0.3, -0.25) is 4.79 Å². The SMILES string of the molecule is CCOC.CCOC(=O)CCc1cc(C(C)C)c2[nH]c(C(CC)CCO)cc2c1. The number of ether oxygens (including phenoxy) is 2. The molecule has 0 fully saturated rings. The molecule has 0 saturated heterocycles. The minimum absolute atomic E-state index is 0.141. The number of rotatable bonds is 10. The highest BCUT2D eigenvalue weighted by Crippen LogP contribution is 2.32. The largest absolute Gasteiger partial charge is 0.466 e. The molecular formula is C24H39NO4. The van der Waals surface area contributed by atoms with Crippen molar-refractivity contribution in [2.24, 2.45) is 0 Å². The number of aromatic amines is 1. The minimum Gasteiger partial charge on any atom is -0.466 e. The van der Waals surface area contributed by atoms with Crippen molar-refractivity contribution in [2.75, 3.05) is 26.9 Å². The summed E-state index contributed by atoms with van der Waals surface area (Å²) in [7, 11) is 1.68. The number of hydrogen-bond acceptors (Lipinski definition) is 4. The molecule has 1 aromatic heterocycles. The van der Waals surface area contributed by atoms with Crippen molar-refractivity contribution < 1.29 is 19.4 Å². The Labute approximate surface area is 175 Å². The van der Waals surface area contributed by atoms with E-state index >= 15 is 0 Å². The zero-order valence-electron chi connectivity index (χ0n) is 19.0. The molecule has 1 atom stereocenters. The van der Waals surface area contributed by atoms with E-state index in [2.05, 4.69) is 48.7 Å². The summed E-state index contributed by atoms with van der Waals surface area (Å²) in [4.78, 5) is 15.2. The van der Waals surface area contributed by atoms with Crippen molar-refractivity contribution in [3.8, 4) is 0 Å². The van der Waals surface area contributed by atoms with Crippen molar-refractivity contribution in [1.82, 2.24) is 4.98 Å². The molecule has 0 bridgehead atoms. The van der Waals surface area contributed by atoms with E-state index in [-0.39, 0.29) is 12.6 Å². The molecule has 0 aliphatic rings. The summed E-state index contributed by atoms with van der Waals surface area (Å²) in [6, 6.07) is 6.59. The molecule has 0 saturated carbocycles. The van der Waals surface area contributed by atoms with Gasteiger partial charge < -0.3 is 19.6 Å². The Balaban J connectivity index is 0.000000960. The van der Waals surface area contributed by atoms with Gasteiger partial charge in [-0.1, -0.05) is 26.8 Å². The van der Waals surface area contributed by atoms with E-state index in [0.29, 0.717) is 31.3 Å². The first-order chi connectivity index (χ1) is 13.9. The van der Waals surface area contributed by atoms with E-state index in [4.69, 9.17) is 4.74 Å². The third-order valence-corrected chi connectivity index (χ3v) is 5.08. The number of benzene rings is 1. The van der Waals surface area contributed by atoms with Crippen LogP contribution in [0.5, 0.6) is 0 Å². The van der Waals surface area contributed by atoms with Crippen LogP contribution >= 0.6 is 0 Å². The molecule has 0 spiro atoms. The van der Waals surface area contributed by atoms with Crippen molar-refractivity contribution >= 4 is 16.9 Å². The normalized spacial score (nSPS) is 12.0. The van der Waals surface area contributed by atoms with E-state index in [0.717, 1.165) is 19.4 Å². The number of methoxy groups -OCH3 is 1. The highest BCUT2D eigenvalue weighted by molar-refractivity contribution is 5.85. The molecule has 1 heterocycles. The summed E-state index contributed by atoms with van der Waals surface area (Å²) in [6.45, 7) is 11.8. The standard InChI is InChI=1S/C21H31NO3.C3H8O/c1-5-16(9-10-23)19-13-17-11-15(7-8-20(24)25-6-2)12-18(14(3)4)21(17)22-19;1-3-4-2/h11-14,16,22-23H,5-10H2,1-4H3;3H2,1-2H3. The van der Waals surface area contributed by atoms with Crippen molar-refractivity contribution in [2.45, 2.75) is 72.1 Å². The summed E-state index contributed by atoms with van der Waals surface area (Å²) in [5.41, 5.74) is 4.82. The minimum atomic E-state index is -0.141. The highest BCUT2D eigenvalue weighted by atomic mass is 16.5. The van der Waals surface area contributed by atoms with E-state index in [1.165, 1.54) is 27.7 Å². The van der Waals surface area contributed by atoms with Crippen molar-refractivity contribution in [3.63, 3.8) is 0 Å². The van der Waals surface area contributed by atoms with E-state index in [1.807, 2.05) is 13.8 Å². The maximum atomic E-state index is 11.7. The molecule has 0 aliphatic heterocycles. The van der Waals surface area contributed by atoms with Crippen LogP contribution in [0.15, 0.2) is 18.2 Å². The number of esters is 1. The zero-order chi connectivity index (χ0) is 21.8. The third kappa shape index (κ3) is 7.82. The first kappa shape index (κ1) is 25.2. The number of aliphatic hydroxyl groups is 1. The average molecular weight is 406 g/mol. The lowest BCUT2D eigenvalue weighted by Crippen LogP contribution is -2.05. The van der Waals surface area contributed by atoms with Crippen LogP contribution in [0.1, 0.15) is 82.5 Å². The third-order valence-electron chi connectivity index (χ3n) is 5.08. The maximum absolute atomic E-state index is 11.7. The number of carbonyl (C=O) groups excluding carboxylic acids is 1. The van der Waals surface area contributed by atoms with Crippen LogP contribution in [0.4, 0.5) is 0 Å². The van der Waals surface area contributed by atoms with Crippen molar-refractivity contribution in [1.29, 1.82) is 0 Å². The van der Waals surface area contributed by atoms with Gasteiger partial charge in [-0.15, -0.1) is 0 Å². The average Bonchev–Trinajstić information content (AvgIpc) is 3.13. The van der Waals surface area contributed by atoms with Gasteiger partial charge in [0.1, 0.15) is 0 Å². The van der Waals surface area contributed by atoms with Crippen LogP contribution in [0.2, 0.25) is 0 Å². The molecule has 0 amide bonds. The second-order valence-electron chi connectivity index (χ2n) is 7.53. The molecule has 29 heavy (non-hydrogen) atoms. The Morgan fingerprint density at radius 2 is 1.83 bits per heavy atom. The van der Waals surface area contributed by atoms with E-state index < -0.39 is 0 Å². The predicted octanol–water partition coefficient (Wildman–Crippen LogP) is 5.32. The fraction of sp³-hybridized carbons (Fsp3) is 0.625. The Hall–Kier alpha value is -1.85. The van der Waals surface area contributed by atoms with Gasteiger partial charge in [-0.05, 0) is 62.3 Å². The quantitative estimate of drug-likeness (QED) is 0.525. The van der Waals surface area contributed by atoms with E-state index in [1.54, 1.807) is 7.11 Å². The Kier molecular flexibility index (Phi) is 11.6. The number of aliphatic hydroxyl groups excluding tert-OH is 1. The number of fused-ring (bicyclic) bond motifs is 1. The van der Waals surface area contributed by atoms with Gasteiger partial charge in [0.2, 0.25) is 0 Å². The number of H-pyrrole nitrogens is 1. The van der Waals surface area contributed by atoms with Gasteiger partial charge in [0.25, 0.3) is 0 Å². The molecular weight excluding hydrogens is 366 g/mol. The van der Waals surface area contributed by atoms with E-state index in [9.17, 15) is 9.90 Å². The summed E-state index contributed by atoms with van der Waals surface area (Å²) < 4.78 is 9.58. The second-order valence-corrected chi connectivity index (χ2v) is 7.53. The molecule has 2 aromatic rings. The van der Waals surface area contributed by atoms with Crippen LogP contribution in [0, 0.1) is 0 Å². The Morgan fingerprint density at radius 1 is 1.14 bits per heavy atom. The molecule has 2 N–H and O–H groups in total. The molecule has 5 heteroatoms. The van der Waals surface area contributed by atoms with Gasteiger partial charge in [0.15, 0.2) is 0 Å². The molecule has 1 unspecified atom stereocenters. The fourth-order valence-corrected chi connectivity index (χ4v) is 3.39. The van der Waals surface area contributed by atoms with Crippen LogP contribution < -0.4 is 0 Å². The van der Waals surface area contributed by atoms with Gasteiger partial charge in [-0.2, -0.15) is 0 Å². The number of aromatic nitrogens is 1. The lowest BCUT2D eigenvalue weighted by molar-refractivity contribution is -0.143. The smallest absolute Gasteiger partial charge is 0.306 e. The Morgan fingerprint density at radius 3 is 2.34 bits per heavy atom. The predicted molar refractivity (Wildman–Crippen MR) is 120 cm³/mol. The first-order valence-corrected chi connectivity index (χ1v) is 10.8. The second kappa shape index (κ2) is 13.4. The number of nitrogens with one attached hydrogen (secondary N) is 1. The van der Waals surface area contributed by atoms with Gasteiger partial charge in [-0.25, -0.2) is 0 Å². The molecule has 0 aliphatic carbocycles. The topological polar surface area (TPSA) is 71.5 Å². The molecule has 164 valence electrons. The summed E-state index contributed by atoms with van der Waals surface area (Å²) in [5.74, 6) is 0.604. The van der Waals surface area contributed by atoms with Crippen LogP contribution in [0.25, 0.3) is 10.9 Å². The zero-order valence-corrected chi connectivity index (χ0v) is 19.0. The first-order valence-electron chi connectivity index (χ1n) is 10.8. The molecule has 1 aromatic carbocycles. The van der Waals surface area contributed by atoms with Crippen LogP contribution in [-0.2, 0) is 20.7 Å². The van der Waals surface area contributed by atoms with Crippen molar-refractivity contribution in [3.05, 3.63) is 35.0 Å². The molecule has 5 nitrogen and oxygen atoms in total. The Bertz CT molecular complexity index is 734. The lowest BCUT2D eigenvalue weighted by Gasteiger charge is -2.12. The maximum Gasteiger partial charge on any atom is 0.306 e. The van der Waals surface area contributed by atoms with Gasteiger partial charge in [0.05, 0.1) is 6.61 Å². The van der Waals surface area contributed by atoms with Crippen LogP contribution in [0.3, 0.4) is 0 Å². The van der Waals surface area contributed by atoms with Gasteiger partial charge >= 0.3 is 5.97 Å². The molecule has 2 rings (SSSR count). The highest BCUT2D eigenvalue weighted by Gasteiger charge is 2.16. The fourth-order valence-electron chi connectivity index (χ4n) is 3.39. The number of aryl methyl sites for hydroxylation is 1. The summed E-state index contributed by atoms with van der Waals surface area (Å²) in [6.07, 6.45) is 2.88. The lowest BCUT2D eigenvalue weighted by atomic mass is 9.95. The summed E-state index contributed by atoms with van der Waals surface area (Å²) in [5, 5.41) is 10.5. The van der Waals surface area contributed by atoms with Crippen LogP contribution in [-0.4, -0.2) is 43.0 Å². The monoisotopic (exact) mass is 405 g/mol. The molecule has 0 radical (unpaired) electrons. The number of hydrogen-bond donors (Lipinski definition) is 2. The van der Waals surface area contributed by atoms with Gasteiger partial charge in [0, 0.05) is 49.3 Å².